The molecular weight excluding hydrogens is 304 g/mol. The summed E-state index contributed by atoms with van der Waals surface area (Å²) in [5, 5.41) is 9.14. The lowest BCUT2D eigenvalue weighted by atomic mass is 10.3. The topological polar surface area (TPSA) is 20.2 Å². The van der Waals surface area contributed by atoms with Gasteiger partial charge in [0.05, 0.1) is 6.61 Å². The van der Waals surface area contributed by atoms with E-state index in [0.29, 0.717) is 0 Å². The molecule has 4 heteroatoms. The predicted molar refractivity (Wildman–Crippen MR) is 91.6 cm³/mol. The summed E-state index contributed by atoms with van der Waals surface area (Å²) in [5.41, 5.74) is 0. The van der Waals surface area contributed by atoms with Crippen molar-refractivity contribution in [2.75, 3.05) is 0 Å². The molecule has 3 rings (SSSR count). The number of allylic oxidation sites excluding steroid dienone is 1. The molecule has 0 aliphatic rings. The van der Waals surface area contributed by atoms with E-state index in [9.17, 15) is 0 Å². The second-order valence-electron chi connectivity index (χ2n) is 4.29. The van der Waals surface area contributed by atoms with E-state index >= 15 is 0 Å². The Kier molecular flexibility index (Phi) is 4.17. The van der Waals surface area contributed by atoms with Gasteiger partial charge in [-0.25, -0.2) is 0 Å². The van der Waals surface area contributed by atoms with Crippen molar-refractivity contribution >= 4 is 40.1 Å². The fourth-order valence-electron chi connectivity index (χ4n) is 1.94. The van der Waals surface area contributed by atoms with E-state index in [1.54, 1.807) is 11.3 Å². The van der Waals surface area contributed by atoms with Crippen LogP contribution >= 0.6 is 34.0 Å². The molecule has 1 N–H and O–H groups in total. The Morgan fingerprint density at radius 2 is 1.45 bits per heavy atom. The van der Waals surface area contributed by atoms with Gasteiger partial charge >= 0.3 is 0 Å². The number of thiophene rings is 3. The van der Waals surface area contributed by atoms with Crippen LogP contribution in [0.3, 0.4) is 0 Å². The van der Waals surface area contributed by atoms with Gasteiger partial charge < -0.3 is 5.11 Å². The molecule has 0 spiro atoms. The van der Waals surface area contributed by atoms with E-state index in [-0.39, 0.29) is 6.61 Å². The van der Waals surface area contributed by atoms with E-state index in [2.05, 4.69) is 42.5 Å². The molecule has 0 fully saturated rings. The van der Waals surface area contributed by atoms with E-state index < -0.39 is 0 Å². The van der Waals surface area contributed by atoms with Gasteiger partial charge in [0.2, 0.25) is 0 Å². The number of aliphatic hydroxyl groups excluding tert-OH is 1. The van der Waals surface area contributed by atoms with Gasteiger partial charge in [-0.2, -0.15) is 0 Å². The molecule has 20 heavy (non-hydrogen) atoms. The largest absolute Gasteiger partial charge is 0.391 e. The highest BCUT2D eigenvalue weighted by Crippen LogP contribution is 2.40. The van der Waals surface area contributed by atoms with Crippen LogP contribution in [0.15, 0.2) is 42.5 Å². The summed E-state index contributed by atoms with van der Waals surface area (Å²) in [6.45, 7) is 2.17. The molecule has 102 valence electrons. The average Bonchev–Trinajstić information content (AvgIpc) is 3.18. The van der Waals surface area contributed by atoms with Gasteiger partial charge in [0, 0.05) is 29.3 Å². The summed E-state index contributed by atoms with van der Waals surface area (Å²) in [5.74, 6) is 0. The van der Waals surface area contributed by atoms with Crippen LogP contribution in [0.4, 0.5) is 0 Å². The van der Waals surface area contributed by atoms with Crippen molar-refractivity contribution in [2.45, 2.75) is 13.5 Å². The van der Waals surface area contributed by atoms with Crippen LogP contribution < -0.4 is 0 Å². The van der Waals surface area contributed by atoms with Crippen molar-refractivity contribution < 1.29 is 5.11 Å². The first kappa shape index (κ1) is 13.8. The molecule has 0 bridgehead atoms. The van der Waals surface area contributed by atoms with Crippen LogP contribution in [-0.4, -0.2) is 5.11 Å². The van der Waals surface area contributed by atoms with Gasteiger partial charge in [-0.15, -0.1) is 34.0 Å². The standard InChI is InChI=1S/C16H14OS3/c1-2-3-11-4-6-13(18-11)15-8-9-16(20-15)14-7-5-12(10-17)19-14/h2-9,17H,10H2,1H3. The highest BCUT2D eigenvalue weighted by atomic mass is 32.1. The third kappa shape index (κ3) is 2.79. The van der Waals surface area contributed by atoms with Crippen LogP contribution in [0.5, 0.6) is 0 Å². The summed E-state index contributed by atoms with van der Waals surface area (Å²) < 4.78 is 0. The molecule has 1 nitrogen and oxygen atoms in total. The Hall–Kier alpha value is -1.20. The fraction of sp³-hybridized carbons (Fsp3) is 0.125. The van der Waals surface area contributed by atoms with Crippen LogP contribution in [0, 0.1) is 0 Å². The van der Waals surface area contributed by atoms with Crippen molar-refractivity contribution in [1.82, 2.24) is 0 Å². The number of aliphatic hydroxyl groups is 1. The first-order chi connectivity index (χ1) is 9.80. The lowest BCUT2D eigenvalue weighted by Gasteiger charge is -1.91. The highest BCUT2D eigenvalue weighted by molar-refractivity contribution is 7.26. The van der Waals surface area contributed by atoms with Crippen LogP contribution in [0.25, 0.3) is 25.6 Å². The smallest absolute Gasteiger partial charge is 0.0774 e. The summed E-state index contributed by atoms with van der Waals surface area (Å²) in [7, 11) is 0. The Bertz CT molecular complexity index is 730. The highest BCUT2D eigenvalue weighted by Gasteiger charge is 2.08. The molecule has 0 aliphatic carbocycles. The molecule has 0 saturated carbocycles. The monoisotopic (exact) mass is 318 g/mol. The summed E-state index contributed by atoms with van der Waals surface area (Å²) in [6, 6.07) is 12.8. The molecule has 0 aromatic carbocycles. The molecule has 3 aromatic heterocycles. The summed E-state index contributed by atoms with van der Waals surface area (Å²) in [6.07, 6.45) is 4.20. The molecule has 3 aromatic rings. The molecular formula is C16H14OS3. The van der Waals surface area contributed by atoms with Gasteiger partial charge in [0.15, 0.2) is 0 Å². The van der Waals surface area contributed by atoms with Gasteiger partial charge in [-0.1, -0.05) is 6.08 Å². The Morgan fingerprint density at radius 3 is 2.10 bits per heavy atom. The first-order valence-electron chi connectivity index (χ1n) is 6.33. The summed E-state index contributed by atoms with van der Waals surface area (Å²) >= 11 is 5.29. The second kappa shape index (κ2) is 6.06. The van der Waals surface area contributed by atoms with E-state index in [1.165, 1.54) is 24.4 Å². The van der Waals surface area contributed by atoms with E-state index in [1.807, 2.05) is 35.7 Å². The van der Waals surface area contributed by atoms with Crippen molar-refractivity contribution in [1.29, 1.82) is 0 Å². The zero-order valence-corrected chi connectivity index (χ0v) is 13.4. The van der Waals surface area contributed by atoms with Gasteiger partial charge in [0.1, 0.15) is 0 Å². The minimum Gasteiger partial charge on any atom is -0.391 e. The van der Waals surface area contributed by atoms with Crippen molar-refractivity contribution in [3.05, 3.63) is 52.2 Å². The van der Waals surface area contributed by atoms with E-state index in [0.717, 1.165) is 4.88 Å². The SMILES string of the molecule is CC=Cc1ccc(-c2ccc(-c3ccc(CO)s3)s2)s1. The molecule has 0 unspecified atom stereocenters. The van der Waals surface area contributed by atoms with Gasteiger partial charge in [-0.05, 0) is 49.4 Å². The molecule has 0 aliphatic heterocycles. The van der Waals surface area contributed by atoms with E-state index in [4.69, 9.17) is 5.11 Å². The Balaban J connectivity index is 1.88. The Labute approximate surface area is 130 Å². The quantitative estimate of drug-likeness (QED) is 0.651. The summed E-state index contributed by atoms with van der Waals surface area (Å²) in [4.78, 5) is 7.42. The molecule has 0 saturated heterocycles. The number of hydrogen-bond acceptors (Lipinski definition) is 4. The zero-order valence-electron chi connectivity index (χ0n) is 11.0. The average molecular weight is 318 g/mol. The van der Waals surface area contributed by atoms with Crippen LogP contribution in [-0.2, 0) is 6.61 Å². The third-order valence-electron chi connectivity index (χ3n) is 2.87. The minimum atomic E-state index is 0.126. The number of rotatable bonds is 4. The maximum absolute atomic E-state index is 9.14. The zero-order chi connectivity index (χ0) is 13.9. The Morgan fingerprint density at radius 1 is 0.850 bits per heavy atom. The van der Waals surface area contributed by atoms with Gasteiger partial charge in [-0.3, -0.25) is 0 Å². The van der Waals surface area contributed by atoms with Crippen molar-refractivity contribution in [3.63, 3.8) is 0 Å². The normalized spacial score (nSPS) is 11.5. The molecule has 0 radical (unpaired) electrons. The fourth-order valence-corrected chi connectivity index (χ4v) is 4.97. The molecule has 0 atom stereocenters. The van der Waals surface area contributed by atoms with Crippen molar-refractivity contribution in [2.24, 2.45) is 0 Å². The van der Waals surface area contributed by atoms with Crippen molar-refractivity contribution in [3.8, 4) is 19.5 Å². The van der Waals surface area contributed by atoms with Gasteiger partial charge in [0.25, 0.3) is 0 Å². The molecule has 3 heterocycles. The third-order valence-corrected chi connectivity index (χ3v) is 6.46. The second-order valence-corrected chi connectivity index (χ2v) is 7.66. The predicted octanol–water partition coefficient (Wildman–Crippen LogP) is 5.73. The lowest BCUT2D eigenvalue weighted by molar-refractivity contribution is 0.285. The minimum absolute atomic E-state index is 0.126. The molecule has 0 amide bonds. The van der Waals surface area contributed by atoms with Crippen LogP contribution in [0.1, 0.15) is 16.7 Å². The lowest BCUT2D eigenvalue weighted by Crippen LogP contribution is -1.69. The maximum Gasteiger partial charge on any atom is 0.0774 e. The first-order valence-corrected chi connectivity index (χ1v) is 8.78. The van der Waals surface area contributed by atoms with Crippen LogP contribution in [0.2, 0.25) is 0 Å². The number of hydrogen-bond donors (Lipinski definition) is 1. The maximum atomic E-state index is 9.14.